The van der Waals surface area contributed by atoms with E-state index in [1.807, 2.05) is 42.5 Å². The fourth-order valence-electron chi connectivity index (χ4n) is 2.30. The fraction of sp³-hybridized carbons (Fsp3) is 0.222. The van der Waals surface area contributed by atoms with E-state index in [1.165, 1.54) is 0 Å². The smallest absolute Gasteiger partial charge is 0.163 e. The summed E-state index contributed by atoms with van der Waals surface area (Å²) in [6.45, 7) is 0. The van der Waals surface area contributed by atoms with Crippen LogP contribution >= 0.6 is 0 Å². The number of methoxy groups -OCH3 is 1. The molecule has 0 saturated carbocycles. The zero-order valence-electron chi connectivity index (χ0n) is 12.0. The van der Waals surface area contributed by atoms with Crippen molar-refractivity contribution in [2.75, 3.05) is 7.11 Å². The topological polar surface area (TPSA) is 43.4 Å². The van der Waals surface area contributed by atoms with Crippen LogP contribution in [0.4, 0.5) is 0 Å². The maximum Gasteiger partial charge on any atom is 0.163 e. The van der Waals surface area contributed by atoms with Gasteiger partial charge in [-0.15, -0.1) is 0 Å². The number of hydrogen-bond donors (Lipinski definition) is 0. The van der Waals surface area contributed by atoms with Gasteiger partial charge < -0.3 is 9.53 Å². The molecule has 0 aliphatic heterocycles. The predicted octanol–water partition coefficient (Wildman–Crippen LogP) is 3.64. The molecule has 0 aliphatic carbocycles. The summed E-state index contributed by atoms with van der Waals surface area (Å²) in [5.74, 6) is 0.720. The highest BCUT2D eigenvalue weighted by atomic mass is 16.5. The molecule has 0 fully saturated rings. The third-order valence-electron chi connectivity index (χ3n) is 3.50. The highest BCUT2D eigenvalue weighted by Gasteiger charge is 2.17. The first-order chi connectivity index (χ1) is 10.2. The molecule has 2 rings (SSSR count). The van der Waals surface area contributed by atoms with Gasteiger partial charge in [-0.25, -0.2) is 0 Å². The Hall–Kier alpha value is -2.42. The third-order valence-corrected chi connectivity index (χ3v) is 3.50. The highest BCUT2D eigenvalue weighted by Crippen LogP contribution is 2.26. The lowest BCUT2D eigenvalue weighted by atomic mass is 9.89. The van der Waals surface area contributed by atoms with E-state index in [-0.39, 0.29) is 11.7 Å². The molecule has 2 aromatic carbocycles. The average Bonchev–Trinajstić information content (AvgIpc) is 2.55. The SMILES string of the molecule is COc1ccc([C@@H](CC=O)CC(=O)c2ccccc2)cc1. The van der Waals surface area contributed by atoms with Crippen LogP contribution in [0.5, 0.6) is 5.75 Å². The van der Waals surface area contributed by atoms with E-state index in [1.54, 1.807) is 19.2 Å². The van der Waals surface area contributed by atoms with Crippen molar-refractivity contribution in [3.63, 3.8) is 0 Å². The standard InChI is InChI=1S/C18H18O3/c1-21-17-9-7-14(8-10-17)16(11-12-19)13-18(20)15-5-3-2-4-6-15/h2-10,12,16H,11,13H2,1H3/t16-/m0/s1. The van der Waals surface area contributed by atoms with Crippen molar-refractivity contribution >= 4 is 12.1 Å². The fourth-order valence-corrected chi connectivity index (χ4v) is 2.30. The summed E-state index contributed by atoms with van der Waals surface area (Å²) < 4.78 is 5.12. The minimum atomic E-state index is -0.0962. The molecule has 0 bridgehead atoms. The second kappa shape index (κ2) is 7.39. The van der Waals surface area contributed by atoms with Crippen LogP contribution in [-0.4, -0.2) is 19.2 Å². The van der Waals surface area contributed by atoms with Crippen molar-refractivity contribution in [2.45, 2.75) is 18.8 Å². The molecule has 108 valence electrons. The Morgan fingerprint density at radius 2 is 1.76 bits per heavy atom. The van der Waals surface area contributed by atoms with E-state index in [2.05, 4.69) is 0 Å². The van der Waals surface area contributed by atoms with Crippen molar-refractivity contribution in [2.24, 2.45) is 0 Å². The zero-order chi connectivity index (χ0) is 15.1. The van der Waals surface area contributed by atoms with E-state index in [0.717, 1.165) is 17.6 Å². The van der Waals surface area contributed by atoms with Crippen LogP contribution in [0.15, 0.2) is 54.6 Å². The van der Waals surface area contributed by atoms with Crippen LogP contribution in [-0.2, 0) is 4.79 Å². The van der Waals surface area contributed by atoms with E-state index in [0.29, 0.717) is 18.4 Å². The van der Waals surface area contributed by atoms with Gasteiger partial charge in [0.05, 0.1) is 7.11 Å². The van der Waals surface area contributed by atoms with Gasteiger partial charge in [0, 0.05) is 18.4 Å². The Balaban J connectivity index is 2.14. The number of ether oxygens (including phenoxy) is 1. The number of Topliss-reactive ketones (excluding diaryl/α,β-unsaturated/α-hetero) is 1. The van der Waals surface area contributed by atoms with Crippen LogP contribution in [0, 0.1) is 0 Å². The molecule has 3 nitrogen and oxygen atoms in total. The van der Waals surface area contributed by atoms with Gasteiger partial charge in [-0.2, -0.15) is 0 Å². The number of benzene rings is 2. The Bertz CT molecular complexity index is 588. The van der Waals surface area contributed by atoms with Crippen molar-refractivity contribution < 1.29 is 14.3 Å². The molecule has 0 heterocycles. The lowest BCUT2D eigenvalue weighted by molar-refractivity contribution is -0.108. The summed E-state index contributed by atoms with van der Waals surface area (Å²) in [6.07, 6.45) is 1.53. The van der Waals surface area contributed by atoms with E-state index < -0.39 is 0 Å². The predicted molar refractivity (Wildman–Crippen MR) is 81.8 cm³/mol. The first kappa shape index (κ1) is 15.0. The first-order valence-corrected chi connectivity index (χ1v) is 6.90. The van der Waals surface area contributed by atoms with Crippen LogP contribution in [0.2, 0.25) is 0 Å². The number of ketones is 1. The molecule has 2 aromatic rings. The second-order valence-electron chi connectivity index (χ2n) is 4.87. The largest absolute Gasteiger partial charge is 0.497 e. The van der Waals surface area contributed by atoms with Crippen molar-refractivity contribution in [3.8, 4) is 5.75 Å². The van der Waals surface area contributed by atoms with Crippen LogP contribution in [0.1, 0.15) is 34.7 Å². The van der Waals surface area contributed by atoms with Gasteiger partial charge in [0.1, 0.15) is 12.0 Å². The number of aldehydes is 1. The van der Waals surface area contributed by atoms with Gasteiger partial charge in [0.15, 0.2) is 5.78 Å². The number of carbonyl (C=O) groups excluding carboxylic acids is 2. The van der Waals surface area contributed by atoms with Gasteiger partial charge >= 0.3 is 0 Å². The summed E-state index contributed by atoms with van der Waals surface area (Å²) in [5, 5.41) is 0. The normalized spacial score (nSPS) is 11.7. The summed E-state index contributed by atoms with van der Waals surface area (Å²) >= 11 is 0. The molecule has 0 aromatic heterocycles. The van der Waals surface area contributed by atoms with Gasteiger partial charge in [0.2, 0.25) is 0 Å². The lowest BCUT2D eigenvalue weighted by Gasteiger charge is -2.14. The number of rotatable bonds is 7. The highest BCUT2D eigenvalue weighted by molar-refractivity contribution is 5.96. The molecule has 0 N–H and O–H groups in total. The van der Waals surface area contributed by atoms with Crippen molar-refractivity contribution in [1.82, 2.24) is 0 Å². The van der Waals surface area contributed by atoms with E-state index in [4.69, 9.17) is 4.74 Å². The Morgan fingerprint density at radius 3 is 2.33 bits per heavy atom. The summed E-state index contributed by atoms with van der Waals surface area (Å²) in [6, 6.07) is 16.7. The zero-order valence-corrected chi connectivity index (χ0v) is 12.0. The van der Waals surface area contributed by atoms with Gasteiger partial charge in [-0.05, 0) is 23.6 Å². The second-order valence-corrected chi connectivity index (χ2v) is 4.87. The molecule has 0 unspecified atom stereocenters. The maximum absolute atomic E-state index is 12.3. The van der Waals surface area contributed by atoms with E-state index in [9.17, 15) is 9.59 Å². The van der Waals surface area contributed by atoms with Gasteiger partial charge in [-0.3, -0.25) is 4.79 Å². The minimum Gasteiger partial charge on any atom is -0.497 e. The third kappa shape index (κ3) is 4.02. The van der Waals surface area contributed by atoms with Crippen molar-refractivity contribution in [3.05, 3.63) is 65.7 Å². The van der Waals surface area contributed by atoms with Crippen LogP contribution < -0.4 is 4.74 Å². The Morgan fingerprint density at radius 1 is 1.10 bits per heavy atom. The summed E-state index contributed by atoms with van der Waals surface area (Å²) in [5.41, 5.74) is 1.66. The first-order valence-electron chi connectivity index (χ1n) is 6.90. The van der Waals surface area contributed by atoms with Crippen molar-refractivity contribution in [1.29, 1.82) is 0 Å². The molecule has 21 heavy (non-hydrogen) atoms. The van der Waals surface area contributed by atoms with Crippen LogP contribution in [0.25, 0.3) is 0 Å². The molecular weight excluding hydrogens is 264 g/mol. The quantitative estimate of drug-likeness (QED) is 0.575. The minimum absolute atomic E-state index is 0.0540. The molecule has 0 radical (unpaired) electrons. The van der Waals surface area contributed by atoms with Gasteiger partial charge in [0.25, 0.3) is 0 Å². The average molecular weight is 282 g/mol. The maximum atomic E-state index is 12.3. The summed E-state index contributed by atoms with van der Waals surface area (Å²) in [7, 11) is 1.61. The molecule has 0 amide bonds. The molecule has 0 aliphatic rings. The lowest BCUT2D eigenvalue weighted by Crippen LogP contribution is -2.08. The molecule has 0 saturated heterocycles. The molecular formula is C18H18O3. The van der Waals surface area contributed by atoms with Crippen LogP contribution in [0.3, 0.4) is 0 Å². The van der Waals surface area contributed by atoms with E-state index >= 15 is 0 Å². The Labute approximate surface area is 124 Å². The summed E-state index contributed by atoms with van der Waals surface area (Å²) in [4.78, 5) is 23.2. The van der Waals surface area contributed by atoms with Gasteiger partial charge in [-0.1, -0.05) is 42.5 Å². The Kier molecular flexibility index (Phi) is 5.27. The number of carbonyl (C=O) groups is 2. The molecule has 0 spiro atoms. The molecule has 3 heteroatoms. The monoisotopic (exact) mass is 282 g/mol. The number of hydrogen-bond acceptors (Lipinski definition) is 3. The molecule has 1 atom stereocenters.